The number of aryl methyl sites for hydroxylation is 2. The molecule has 0 amide bonds. The van der Waals surface area contributed by atoms with E-state index in [1.54, 1.807) is 19.9 Å². The lowest BCUT2D eigenvalue weighted by Crippen LogP contribution is -1.98. The van der Waals surface area contributed by atoms with E-state index in [0.29, 0.717) is 17.4 Å². The molecule has 0 spiro atoms. The van der Waals surface area contributed by atoms with E-state index >= 15 is 0 Å². The van der Waals surface area contributed by atoms with Crippen LogP contribution in [0.5, 0.6) is 11.5 Å². The van der Waals surface area contributed by atoms with Crippen LogP contribution in [0.1, 0.15) is 21.5 Å². The maximum atomic E-state index is 13.8. The van der Waals surface area contributed by atoms with Gasteiger partial charge in [0.2, 0.25) is 5.75 Å². The number of hydrogen-bond donors (Lipinski definition) is 0. The molecule has 6 heteroatoms. The Bertz CT molecular complexity index is 728. The molecule has 0 fully saturated rings. The highest BCUT2D eigenvalue weighted by atomic mass is 19.1. The third-order valence-corrected chi connectivity index (χ3v) is 2.90. The smallest absolute Gasteiger partial charge is 0.312 e. The van der Waals surface area contributed by atoms with Gasteiger partial charge in [0.15, 0.2) is 11.6 Å². The zero-order valence-electron chi connectivity index (χ0n) is 11.4. The first kappa shape index (κ1) is 14.6. The van der Waals surface area contributed by atoms with Gasteiger partial charge in [-0.3, -0.25) is 14.9 Å². The van der Waals surface area contributed by atoms with Crippen molar-refractivity contribution in [3.8, 4) is 11.5 Å². The van der Waals surface area contributed by atoms with Crippen molar-refractivity contribution >= 4 is 12.0 Å². The monoisotopic (exact) mass is 289 g/mol. The molecule has 0 aliphatic rings. The van der Waals surface area contributed by atoms with Crippen LogP contribution < -0.4 is 4.74 Å². The van der Waals surface area contributed by atoms with Crippen LogP contribution in [0.3, 0.4) is 0 Å². The number of hydrogen-bond acceptors (Lipinski definition) is 4. The molecule has 0 bridgehead atoms. The van der Waals surface area contributed by atoms with E-state index in [2.05, 4.69) is 0 Å². The van der Waals surface area contributed by atoms with Crippen molar-refractivity contribution in [3.05, 3.63) is 63.0 Å². The van der Waals surface area contributed by atoms with E-state index < -0.39 is 10.7 Å². The standard InChI is InChI=1S/C15H12FNO4/c1-9-5-10(2)15(13(6-9)17(19)20)21-14-4-3-11(8-18)7-12(14)16/h3-8H,1-2H3. The van der Waals surface area contributed by atoms with E-state index in [9.17, 15) is 19.3 Å². The summed E-state index contributed by atoms with van der Waals surface area (Å²) in [5.74, 6) is -0.937. The molecule has 0 atom stereocenters. The van der Waals surface area contributed by atoms with Gasteiger partial charge >= 0.3 is 5.69 Å². The van der Waals surface area contributed by atoms with Gasteiger partial charge in [-0.15, -0.1) is 0 Å². The third kappa shape index (κ3) is 3.05. The summed E-state index contributed by atoms with van der Waals surface area (Å²) in [4.78, 5) is 21.1. The molecule has 0 saturated carbocycles. The fourth-order valence-corrected chi connectivity index (χ4v) is 1.98. The largest absolute Gasteiger partial charge is 0.447 e. The summed E-state index contributed by atoms with van der Waals surface area (Å²) in [5.41, 5.74) is 1.17. The second-order valence-electron chi connectivity index (χ2n) is 4.60. The molecule has 0 aromatic heterocycles. The minimum Gasteiger partial charge on any atom is -0.447 e. The van der Waals surface area contributed by atoms with Crippen LogP contribution in [0.25, 0.3) is 0 Å². The van der Waals surface area contributed by atoms with Crippen LogP contribution in [0.4, 0.5) is 10.1 Å². The van der Waals surface area contributed by atoms with Crippen molar-refractivity contribution in [3.63, 3.8) is 0 Å². The van der Waals surface area contributed by atoms with Crippen molar-refractivity contribution in [1.29, 1.82) is 0 Å². The molecule has 0 radical (unpaired) electrons. The van der Waals surface area contributed by atoms with Crippen LogP contribution in [0, 0.1) is 29.8 Å². The van der Waals surface area contributed by atoms with Gasteiger partial charge in [0.05, 0.1) is 4.92 Å². The zero-order valence-corrected chi connectivity index (χ0v) is 11.4. The predicted octanol–water partition coefficient (Wildman–Crippen LogP) is 3.96. The van der Waals surface area contributed by atoms with Gasteiger partial charge in [-0.25, -0.2) is 4.39 Å². The molecule has 0 N–H and O–H groups in total. The minimum atomic E-state index is -0.756. The zero-order chi connectivity index (χ0) is 15.6. The summed E-state index contributed by atoms with van der Waals surface area (Å²) in [7, 11) is 0. The molecule has 108 valence electrons. The lowest BCUT2D eigenvalue weighted by Gasteiger charge is -2.11. The number of nitrogens with zero attached hydrogens (tertiary/aromatic N) is 1. The first-order chi connectivity index (χ1) is 9.92. The van der Waals surface area contributed by atoms with Gasteiger partial charge in [-0.2, -0.15) is 0 Å². The topological polar surface area (TPSA) is 69.4 Å². The summed E-state index contributed by atoms with van der Waals surface area (Å²) < 4.78 is 19.2. The number of rotatable bonds is 4. The highest BCUT2D eigenvalue weighted by molar-refractivity contribution is 5.75. The highest BCUT2D eigenvalue weighted by Gasteiger charge is 2.20. The molecule has 0 saturated heterocycles. The molecular formula is C15H12FNO4. The summed E-state index contributed by atoms with van der Waals surface area (Å²) in [6.07, 6.45) is 0.506. The van der Waals surface area contributed by atoms with Crippen molar-refractivity contribution < 1.29 is 18.8 Å². The van der Waals surface area contributed by atoms with Gasteiger partial charge in [-0.05, 0) is 43.2 Å². The number of carbonyl (C=O) groups excluding carboxylic acids is 1. The molecule has 0 aliphatic heterocycles. The van der Waals surface area contributed by atoms with Crippen molar-refractivity contribution in [2.45, 2.75) is 13.8 Å². The maximum Gasteiger partial charge on any atom is 0.312 e. The Morgan fingerprint density at radius 2 is 1.95 bits per heavy atom. The molecule has 0 unspecified atom stereocenters. The van der Waals surface area contributed by atoms with Crippen molar-refractivity contribution in [1.82, 2.24) is 0 Å². The molecule has 0 heterocycles. The number of nitro groups is 1. The molecule has 2 rings (SSSR count). The normalized spacial score (nSPS) is 10.2. The molecule has 2 aromatic carbocycles. The molecule has 21 heavy (non-hydrogen) atoms. The van der Waals surface area contributed by atoms with Gasteiger partial charge in [0.25, 0.3) is 0 Å². The van der Waals surface area contributed by atoms with Crippen LogP contribution in [0.15, 0.2) is 30.3 Å². The average Bonchev–Trinajstić information content (AvgIpc) is 2.42. The number of halogens is 1. The Balaban J connectivity index is 2.49. The van der Waals surface area contributed by atoms with Crippen molar-refractivity contribution in [2.24, 2.45) is 0 Å². The van der Waals surface area contributed by atoms with E-state index in [4.69, 9.17) is 4.74 Å². The maximum absolute atomic E-state index is 13.8. The SMILES string of the molecule is Cc1cc(C)c(Oc2ccc(C=O)cc2F)c([N+](=O)[O-])c1. The highest BCUT2D eigenvalue weighted by Crippen LogP contribution is 2.36. The summed E-state index contributed by atoms with van der Waals surface area (Å²) in [6.45, 7) is 3.37. The molecule has 2 aromatic rings. The third-order valence-electron chi connectivity index (χ3n) is 2.90. The Labute approximate surface area is 120 Å². The van der Waals surface area contributed by atoms with Crippen molar-refractivity contribution in [2.75, 3.05) is 0 Å². The van der Waals surface area contributed by atoms with Gasteiger partial charge in [-0.1, -0.05) is 6.07 Å². The first-order valence-electron chi connectivity index (χ1n) is 6.10. The second kappa shape index (κ2) is 5.70. The number of aldehydes is 1. The van der Waals surface area contributed by atoms with E-state index in [0.717, 1.165) is 6.07 Å². The summed E-state index contributed by atoms with van der Waals surface area (Å²) >= 11 is 0. The van der Waals surface area contributed by atoms with Crippen LogP contribution in [0.2, 0.25) is 0 Å². The Morgan fingerprint density at radius 3 is 2.52 bits per heavy atom. The number of carbonyl (C=O) groups is 1. The fraction of sp³-hybridized carbons (Fsp3) is 0.133. The number of ether oxygens (including phenoxy) is 1. The second-order valence-corrected chi connectivity index (χ2v) is 4.60. The van der Waals surface area contributed by atoms with Gasteiger partial charge in [0.1, 0.15) is 6.29 Å². The van der Waals surface area contributed by atoms with E-state index in [-0.39, 0.29) is 22.7 Å². The van der Waals surface area contributed by atoms with Crippen LogP contribution >= 0.6 is 0 Å². The molecule has 5 nitrogen and oxygen atoms in total. The average molecular weight is 289 g/mol. The first-order valence-corrected chi connectivity index (χ1v) is 6.10. The minimum absolute atomic E-state index is 0.0108. The van der Waals surface area contributed by atoms with E-state index in [1.165, 1.54) is 18.2 Å². The number of benzene rings is 2. The predicted molar refractivity (Wildman–Crippen MR) is 74.4 cm³/mol. The number of nitro benzene ring substituents is 1. The summed E-state index contributed by atoms with van der Waals surface area (Å²) in [5, 5.41) is 11.1. The molecular weight excluding hydrogens is 277 g/mol. The molecule has 0 aliphatic carbocycles. The van der Waals surface area contributed by atoms with Crippen LogP contribution in [-0.2, 0) is 0 Å². The van der Waals surface area contributed by atoms with Gasteiger partial charge < -0.3 is 4.74 Å². The lowest BCUT2D eigenvalue weighted by atomic mass is 10.1. The van der Waals surface area contributed by atoms with Gasteiger partial charge in [0, 0.05) is 11.6 Å². The quantitative estimate of drug-likeness (QED) is 0.485. The fourth-order valence-electron chi connectivity index (χ4n) is 1.98. The van der Waals surface area contributed by atoms with Crippen LogP contribution in [-0.4, -0.2) is 11.2 Å². The summed E-state index contributed by atoms with van der Waals surface area (Å²) in [6, 6.07) is 6.72. The Morgan fingerprint density at radius 1 is 1.24 bits per heavy atom. The lowest BCUT2D eigenvalue weighted by molar-refractivity contribution is -0.385. The van der Waals surface area contributed by atoms with E-state index in [1.807, 2.05) is 0 Å². The Hall–Kier alpha value is -2.76. The Kier molecular flexibility index (Phi) is 3.98.